The first kappa shape index (κ1) is 15.8. The third-order valence-corrected chi connectivity index (χ3v) is 5.19. The average Bonchev–Trinajstić information content (AvgIpc) is 3.00. The fraction of sp³-hybridized carbons (Fsp3) is 0.188. The van der Waals surface area contributed by atoms with E-state index in [-0.39, 0.29) is 22.8 Å². The number of thioether (sulfide) groups is 1. The van der Waals surface area contributed by atoms with Crippen molar-refractivity contribution in [1.29, 1.82) is 0 Å². The number of hydrogen-bond acceptors (Lipinski definition) is 3. The van der Waals surface area contributed by atoms with Crippen LogP contribution in [0, 0.1) is 5.82 Å². The van der Waals surface area contributed by atoms with Crippen molar-refractivity contribution in [3.63, 3.8) is 0 Å². The Labute approximate surface area is 147 Å². The number of benzene rings is 2. The van der Waals surface area contributed by atoms with Crippen molar-refractivity contribution in [2.75, 3.05) is 13.1 Å². The minimum absolute atomic E-state index is 0. The first-order chi connectivity index (χ1) is 10.1. The Hall–Kier alpha value is -1.04. The second-order valence-electron chi connectivity index (χ2n) is 5.11. The second-order valence-corrected chi connectivity index (χ2v) is 6.70. The molecule has 2 aromatic rings. The highest BCUT2D eigenvalue weighted by Gasteiger charge is 2.31. The van der Waals surface area contributed by atoms with Gasteiger partial charge in [-0.2, -0.15) is 0 Å². The van der Waals surface area contributed by atoms with E-state index < -0.39 is 0 Å². The van der Waals surface area contributed by atoms with Gasteiger partial charge in [0.2, 0.25) is 0 Å². The minimum atomic E-state index is -0.245. The van der Waals surface area contributed by atoms with Crippen LogP contribution in [0.1, 0.15) is 12.5 Å². The lowest BCUT2D eigenvalue weighted by Gasteiger charge is -2.19. The van der Waals surface area contributed by atoms with Gasteiger partial charge in [0, 0.05) is 27.4 Å². The Morgan fingerprint density at radius 2 is 2.05 bits per heavy atom. The van der Waals surface area contributed by atoms with Gasteiger partial charge in [0.25, 0.3) is 0 Å². The predicted molar refractivity (Wildman–Crippen MR) is 98.4 cm³/mol. The zero-order valence-corrected chi connectivity index (χ0v) is 15.1. The molecule has 22 heavy (non-hydrogen) atoms. The fourth-order valence-corrected chi connectivity index (χ4v) is 4.19. The highest BCUT2D eigenvalue weighted by molar-refractivity contribution is 8.93. The molecule has 2 nitrogen and oxygen atoms in total. The van der Waals surface area contributed by atoms with E-state index in [1.54, 1.807) is 23.9 Å². The number of allylic oxidation sites excluding steroid dienone is 1. The maximum Gasteiger partial charge on any atom is 0.168 e. The minimum Gasteiger partial charge on any atom is -0.318 e. The van der Waals surface area contributed by atoms with Crippen molar-refractivity contribution in [2.24, 2.45) is 4.99 Å². The Balaban J connectivity index is 0.00000144. The first-order valence-corrected chi connectivity index (χ1v) is 7.93. The van der Waals surface area contributed by atoms with Gasteiger partial charge in [0.15, 0.2) is 5.17 Å². The van der Waals surface area contributed by atoms with E-state index in [1.165, 1.54) is 11.0 Å². The standard InChI is InChI=1S/C16H12ClFN2S.BrH/c1-9-15(20-7-6-19-16(20)21-9)12-4-5-14(17)11-3-2-10(18)8-13(11)12;/h2-5,8H,6-7H2,1H3;1H. The Kier molecular flexibility index (Phi) is 4.23. The van der Waals surface area contributed by atoms with Crippen LogP contribution in [0.4, 0.5) is 4.39 Å². The van der Waals surface area contributed by atoms with Gasteiger partial charge in [0.05, 0.1) is 12.2 Å². The molecule has 0 saturated carbocycles. The van der Waals surface area contributed by atoms with Gasteiger partial charge >= 0.3 is 0 Å². The van der Waals surface area contributed by atoms with Crippen LogP contribution < -0.4 is 0 Å². The van der Waals surface area contributed by atoms with E-state index in [2.05, 4.69) is 16.8 Å². The topological polar surface area (TPSA) is 15.6 Å². The van der Waals surface area contributed by atoms with E-state index in [1.807, 2.05) is 12.1 Å². The van der Waals surface area contributed by atoms with E-state index >= 15 is 0 Å². The molecule has 0 unspecified atom stereocenters. The van der Waals surface area contributed by atoms with Crippen molar-refractivity contribution in [3.05, 3.63) is 51.6 Å². The van der Waals surface area contributed by atoms with Crippen molar-refractivity contribution < 1.29 is 4.39 Å². The summed E-state index contributed by atoms with van der Waals surface area (Å²) in [6.07, 6.45) is 0. The van der Waals surface area contributed by atoms with Gasteiger partial charge in [-0.05, 0) is 36.6 Å². The van der Waals surface area contributed by atoms with Crippen molar-refractivity contribution >= 4 is 62.0 Å². The highest BCUT2D eigenvalue weighted by atomic mass is 79.9. The summed E-state index contributed by atoms with van der Waals surface area (Å²) in [6, 6.07) is 8.61. The van der Waals surface area contributed by atoms with Crippen LogP contribution in [0.2, 0.25) is 5.02 Å². The molecule has 2 aromatic carbocycles. The molecule has 0 radical (unpaired) electrons. The Bertz CT molecular complexity index is 834. The van der Waals surface area contributed by atoms with Gasteiger partial charge in [-0.15, -0.1) is 17.0 Å². The van der Waals surface area contributed by atoms with Crippen molar-refractivity contribution in [1.82, 2.24) is 4.90 Å². The van der Waals surface area contributed by atoms with Gasteiger partial charge < -0.3 is 4.90 Å². The van der Waals surface area contributed by atoms with E-state index in [0.29, 0.717) is 5.02 Å². The second kappa shape index (κ2) is 5.87. The normalized spacial score (nSPS) is 16.9. The smallest absolute Gasteiger partial charge is 0.168 e. The van der Waals surface area contributed by atoms with E-state index in [0.717, 1.165) is 40.3 Å². The van der Waals surface area contributed by atoms with Crippen molar-refractivity contribution in [3.8, 4) is 0 Å². The Morgan fingerprint density at radius 3 is 2.86 bits per heavy atom. The molecule has 2 heterocycles. The summed E-state index contributed by atoms with van der Waals surface area (Å²) in [6.45, 7) is 3.79. The quantitative estimate of drug-likeness (QED) is 0.645. The van der Waals surface area contributed by atoms with Crippen LogP contribution in [-0.2, 0) is 0 Å². The van der Waals surface area contributed by atoms with Gasteiger partial charge in [-0.3, -0.25) is 4.99 Å². The van der Waals surface area contributed by atoms with Crippen molar-refractivity contribution in [2.45, 2.75) is 6.92 Å². The van der Waals surface area contributed by atoms with Gasteiger partial charge in [-0.25, -0.2) is 4.39 Å². The lowest BCUT2D eigenvalue weighted by Crippen LogP contribution is -2.20. The molecule has 2 aliphatic rings. The zero-order valence-electron chi connectivity index (χ0n) is 11.8. The number of hydrogen-bond donors (Lipinski definition) is 0. The third-order valence-electron chi connectivity index (χ3n) is 3.83. The number of fused-ring (bicyclic) bond motifs is 2. The van der Waals surface area contributed by atoms with Crippen LogP contribution in [0.3, 0.4) is 0 Å². The van der Waals surface area contributed by atoms with Crippen LogP contribution in [0.5, 0.6) is 0 Å². The SMILES string of the molecule is Br.CC1=C(c2ccc(Cl)c3ccc(F)cc23)N2CCN=C2S1. The number of nitrogens with zero attached hydrogens (tertiary/aromatic N) is 2. The number of amidine groups is 1. The molecule has 0 aromatic heterocycles. The largest absolute Gasteiger partial charge is 0.318 e. The number of rotatable bonds is 1. The summed E-state index contributed by atoms with van der Waals surface area (Å²) in [7, 11) is 0. The molecule has 0 bridgehead atoms. The lowest BCUT2D eigenvalue weighted by atomic mass is 10.0. The summed E-state index contributed by atoms with van der Waals surface area (Å²) < 4.78 is 13.7. The molecule has 0 saturated heterocycles. The summed E-state index contributed by atoms with van der Waals surface area (Å²) in [5, 5.41) is 3.42. The van der Waals surface area contributed by atoms with Gasteiger partial charge in [0.1, 0.15) is 5.82 Å². The molecule has 2 aliphatic heterocycles. The molecule has 0 N–H and O–H groups in total. The monoisotopic (exact) mass is 398 g/mol. The lowest BCUT2D eigenvalue weighted by molar-refractivity contribution is 0.629. The maximum atomic E-state index is 13.7. The molecule has 0 atom stereocenters. The first-order valence-electron chi connectivity index (χ1n) is 6.74. The summed E-state index contributed by atoms with van der Waals surface area (Å²) in [4.78, 5) is 7.91. The maximum absolute atomic E-state index is 13.7. The number of halogens is 3. The fourth-order valence-electron chi connectivity index (χ4n) is 2.92. The molecule has 0 amide bonds. The van der Waals surface area contributed by atoms with Crippen LogP contribution in [0.15, 0.2) is 40.2 Å². The highest BCUT2D eigenvalue weighted by Crippen LogP contribution is 2.43. The Morgan fingerprint density at radius 1 is 1.23 bits per heavy atom. The van der Waals surface area contributed by atoms with Crippen LogP contribution in [-0.4, -0.2) is 23.2 Å². The van der Waals surface area contributed by atoms with E-state index in [4.69, 9.17) is 11.6 Å². The summed E-state index contributed by atoms with van der Waals surface area (Å²) >= 11 is 7.94. The molecule has 0 fully saturated rings. The molecule has 0 spiro atoms. The molecule has 4 rings (SSSR count). The summed E-state index contributed by atoms with van der Waals surface area (Å²) in [5.74, 6) is -0.245. The summed E-state index contributed by atoms with van der Waals surface area (Å²) in [5.41, 5.74) is 2.15. The molecular formula is C16H13BrClFN2S. The molecule has 6 heteroatoms. The predicted octanol–water partition coefficient (Wildman–Crippen LogP) is 5.32. The molecular weight excluding hydrogens is 387 g/mol. The average molecular weight is 400 g/mol. The molecule has 114 valence electrons. The zero-order chi connectivity index (χ0) is 14.6. The van der Waals surface area contributed by atoms with Crippen LogP contribution >= 0.6 is 40.3 Å². The third kappa shape index (κ3) is 2.36. The number of aliphatic imine (C=N–C) groups is 1. The van der Waals surface area contributed by atoms with Crippen LogP contribution in [0.25, 0.3) is 16.5 Å². The van der Waals surface area contributed by atoms with Gasteiger partial charge in [-0.1, -0.05) is 29.4 Å². The van der Waals surface area contributed by atoms with E-state index in [9.17, 15) is 4.39 Å². The molecule has 0 aliphatic carbocycles.